The van der Waals surface area contributed by atoms with Crippen LogP contribution >= 0.6 is 15.9 Å². The van der Waals surface area contributed by atoms with E-state index in [1.807, 2.05) is 30.3 Å². The molecule has 0 aromatic heterocycles. The highest BCUT2D eigenvalue weighted by atomic mass is 79.9. The molecular weight excluding hydrogens is 295 g/mol. The Morgan fingerprint density at radius 3 is 2.78 bits per heavy atom. The summed E-state index contributed by atoms with van der Waals surface area (Å²) < 4.78 is 14.1. The van der Waals surface area contributed by atoms with Crippen molar-refractivity contribution in [3.63, 3.8) is 0 Å². The molecule has 2 rings (SSSR count). The summed E-state index contributed by atoms with van der Waals surface area (Å²) in [6.45, 7) is 0.547. The van der Waals surface area contributed by atoms with Crippen molar-refractivity contribution in [2.24, 2.45) is 0 Å². The molecule has 0 radical (unpaired) electrons. The summed E-state index contributed by atoms with van der Waals surface area (Å²) in [4.78, 5) is 0. The molecule has 0 aliphatic carbocycles. The lowest BCUT2D eigenvalue weighted by Gasteiger charge is -2.07. The summed E-state index contributed by atoms with van der Waals surface area (Å²) in [7, 11) is 0. The van der Waals surface area contributed by atoms with Gasteiger partial charge in [0.05, 0.1) is 5.56 Å². The third-order valence-electron chi connectivity index (χ3n) is 2.47. The van der Waals surface area contributed by atoms with Crippen LogP contribution in [0.5, 0.6) is 0 Å². The summed E-state index contributed by atoms with van der Waals surface area (Å²) >= 11 is 3.39. The Kier molecular flexibility index (Phi) is 3.96. The molecule has 4 heteroatoms. The zero-order valence-electron chi connectivity index (χ0n) is 9.45. The van der Waals surface area contributed by atoms with E-state index >= 15 is 0 Å². The van der Waals surface area contributed by atoms with E-state index in [-0.39, 0.29) is 5.56 Å². The molecule has 0 unspecified atom stereocenters. The third kappa shape index (κ3) is 3.08. The zero-order valence-corrected chi connectivity index (χ0v) is 11.0. The number of nitrogens with zero attached hydrogens (tertiary/aromatic N) is 1. The van der Waals surface area contributed by atoms with Gasteiger partial charge in [-0.15, -0.1) is 0 Å². The van der Waals surface area contributed by atoms with Crippen molar-refractivity contribution in [3.8, 4) is 6.07 Å². The Hall–Kier alpha value is -1.86. The number of nitriles is 1. The summed E-state index contributed by atoms with van der Waals surface area (Å²) in [5, 5.41) is 12.0. The van der Waals surface area contributed by atoms with E-state index in [4.69, 9.17) is 5.26 Å². The van der Waals surface area contributed by atoms with Gasteiger partial charge in [-0.2, -0.15) is 5.26 Å². The van der Waals surface area contributed by atoms with Crippen molar-refractivity contribution in [1.82, 2.24) is 0 Å². The average molecular weight is 305 g/mol. The number of rotatable bonds is 3. The van der Waals surface area contributed by atoms with Crippen LogP contribution in [-0.2, 0) is 6.54 Å². The summed E-state index contributed by atoms with van der Waals surface area (Å²) in [5.74, 6) is -0.483. The number of anilines is 1. The SMILES string of the molecule is N#Cc1cc(CNc2cccc(Br)c2)ccc1F. The largest absolute Gasteiger partial charge is 0.381 e. The number of halogens is 2. The van der Waals surface area contributed by atoms with Gasteiger partial charge in [-0.1, -0.05) is 28.1 Å². The normalized spacial score (nSPS) is 9.83. The summed E-state index contributed by atoms with van der Waals surface area (Å²) in [6.07, 6.45) is 0. The van der Waals surface area contributed by atoms with Gasteiger partial charge in [0.1, 0.15) is 11.9 Å². The van der Waals surface area contributed by atoms with Crippen LogP contribution < -0.4 is 5.32 Å². The maximum Gasteiger partial charge on any atom is 0.140 e. The van der Waals surface area contributed by atoms with Crippen molar-refractivity contribution in [2.75, 3.05) is 5.32 Å². The smallest absolute Gasteiger partial charge is 0.140 e. The van der Waals surface area contributed by atoms with Crippen LogP contribution in [0.25, 0.3) is 0 Å². The fourth-order valence-corrected chi connectivity index (χ4v) is 1.97. The van der Waals surface area contributed by atoms with E-state index in [0.29, 0.717) is 6.54 Å². The lowest BCUT2D eigenvalue weighted by molar-refractivity contribution is 0.623. The predicted molar refractivity (Wildman–Crippen MR) is 72.6 cm³/mol. The number of nitrogens with one attached hydrogen (secondary N) is 1. The second kappa shape index (κ2) is 5.65. The first-order valence-corrected chi connectivity index (χ1v) is 6.16. The van der Waals surface area contributed by atoms with Crippen LogP contribution in [0.4, 0.5) is 10.1 Å². The highest BCUT2D eigenvalue weighted by molar-refractivity contribution is 9.10. The fraction of sp³-hybridized carbons (Fsp3) is 0.0714. The van der Waals surface area contributed by atoms with Gasteiger partial charge in [0.2, 0.25) is 0 Å². The highest BCUT2D eigenvalue weighted by Gasteiger charge is 2.02. The van der Waals surface area contributed by atoms with Gasteiger partial charge in [-0.05, 0) is 35.9 Å². The average Bonchev–Trinajstić information content (AvgIpc) is 2.38. The molecule has 2 aromatic carbocycles. The van der Waals surface area contributed by atoms with E-state index in [1.54, 1.807) is 12.1 Å². The Labute approximate surface area is 113 Å². The predicted octanol–water partition coefficient (Wildman–Crippen LogP) is 4.07. The maximum atomic E-state index is 13.1. The highest BCUT2D eigenvalue weighted by Crippen LogP contribution is 2.17. The molecule has 0 fully saturated rings. The van der Waals surface area contributed by atoms with Crippen molar-refractivity contribution in [3.05, 3.63) is 63.9 Å². The molecule has 0 atom stereocenters. The minimum Gasteiger partial charge on any atom is -0.381 e. The van der Waals surface area contributed by atoms with E-state index in [9.17, 15) is 4.39 Å². The van der Waals surface area contributed by atoms with Crippen LogP contribution in [-0.4, -0.2) is 0 Å². The van der Waals surface area contributed by atoms with Gasteiger partial charge in [0.25, 0.3) is 0 Å². The minimum atomic E-state index is -0.483. The lowest BCUT2D eigenvalue weighted by Crippen LogP contribution is -2.00. The topological polar surface area (TPSA) is 35.8 Å². The molecule has 2 aromatic rings. The Bertz CT molecular complexity index is 605. The number of benzene rings is 2. The fourth-order valence-electron chi connectivity index (χ4n) is 1.57. The summed E-state index contributed by atoms with van der Waals surface area (Å²) in [5.41, 5.74) is 1.91. The molecule has 1 N–H and O–H groups in total. The molecule has 0 bridgehead atoms. The van der Waals surface area contributed by atoms with E-state index < -0.39 is 5.82 Å². The molecule has 0 aliphatic rings. The molecule has 2 nitrogen and oxygen atoms in total. The van der Waals surface area contributed by atoms with Crippen molar-refractivity contribution >= 4 is 21.6 Å². The second-order valence-electron chi connectivity index (χ2n) is 3.79. The van der Waals surface area contributed by atoms with Gasteiger partial charge in [-0.25, -0.2) is 4.39 Å². The third-order valence-corrected chi connectivity index (χ3v) is 2.97. The van der Waals surface area contributed by atoms with Crippen LogP contribution in [0.2, 0.25) is 0 Å². The first kappa shape index (κ1) is 12.6. The van der Waals surface area contributed by atoms with Crippen molar-refractivity contribution in [1.29, 1.82) is 5.26 Å². The van der Waals surface area contributed by atoms with E-state index in [0.717, 1.165) is 15.7 Å². The Balaban J connectivity index is 2.09. The van der Waals surface area contributed by atoms with Gasteiger partial charge >= 0.3 is 0 Å². The van der Waals surface area contributed by atoms with Crippen LogP contribution in [0.15, 0.2) is 46.9 Å². The number of hydrogen-bond donors (Lipinski definition) is 1. The maximum absolute atomic E-state index is 13.1. The molecule has 90 valence electrons. The quantitative estimate of drug-likeness (QED) is 0.927. The summed E-state index contributed by atoms with van der Waals surface area (Å²) in [6, 6.07) is 14.1. The van der Waals surface area contributed by atoms with E-state index in [2.05, 4.69) is 21.2 Å². The van der Waals surface area contributed by atoms with Crippen molar-refractivity contribution in [2.45, 2.75) is 6.54 Å². The van der Waals surface area contributed by atoms with Gasteiger partial charge in [0.15, 0.2) is 0 Å². The van der Waals surface area contributed by atoms with Gasteiger partial charge in [-0.3, -0.25) is 0 Å². The second-order valence-corrected chi connectivity index (χ2v) is 4.71. The Morgan fingerprint density at radius 2 is 2.06 bits per heavy atom. The monoisotopic (exact) mass is 304 g/mol. The first-order chi connectivity index (χ1) is 8.69. The zero-order chi connectivity index (χ0) is 13.0. The van der Waals surface area contributed by atoms with Crippen LogP contribution in [0.1, 0.15) is 11.1 Å². The molecule has 18 heavy (non-hydrogen) atoms. The molecule has 0 aliphatic heterocycles. The van der Waals surface area contributed by atoms with Crippen LogP contribution in [0, 0.1) is 17.1 Å². The first-order valence-electron chi connectivity index (χ1n) is 5.37. The number of hydrogen-bond acceptors (Lipinski definition) is 2. The molecule has 0 saturated carbocycles. The molecular formula is C14H10BrFN2. The van der Waals surface area contributed by atoms with E-state index in [1.165, 1.54) is 6.07 Å². The molecule has 0 saturated heterocycles. The molecule has 0 heterocycles. The standard InChI is InChI=1S/C14H10BrFN2/c15-12-2-1-3-13(7-12)18-9-10-4-5-14(16)11(6-10)8-17/h1-7,18H,9H2. The Morgan fingerprint density at radius 1 is 1.22 bits per heavy atom. The van der Waals surface area contributed by atoms with Crippen molar-refractivity contribution < 1.29 is 4.39 Å². The molecule has 0 amide bonds. The minimum absolute atomic E-state index is 0.0727. The lowest BCUT2D eigenvalue weighted by atomic mass is 10.1. The van der Waals surface area contributed by atoms with Gasteiger partial charge < -0.3 is 5.32 Å². The van der Waals surface area contributed by atoms with Gasteiger partial charge in [0, 0.05) is 16.7 Å². The van der Waals surface area contributed by atoms with Crippen LogP contribution in [0.3, 0.4) is 0 Å². The molecule has 0 spiro atoms.